The number of hydrogen-bond donors (Lipinski definition) is 1. The maximum Gasteiger partial charge on any atom is 0.233 e. The fourth-order valence-corrected chi connectivity index (χ4v) is 4.43. The molecule has 0 aliphatic rings. The van der Waals surface area contributed by atoms with Crippen molar-refractivity contribution < 1.29 is 4.79 Å². The average molecular weight is 372 g/mol. The molecule has 130 valence electrons. The zero-order chi connectivity index (χ0) is 17.8. The summed E-state index contributed by atoms with van der Waals surface area (Å²) in [6.07, 6.45) is 2.51. The fourth-order valence-electron chi connectivity index (χ4n) is 2.50. The van der Waals surface area contributed by atoms with Crippen molar-refractivity contribution in [3.05, 3.63) is 41.5 Å². The fraction of sp³-hybridized carbons (Fsp3) is 0.316. The van der Waals surface area contributed by atoms with E-state index in [9.17, 15) is 4.79 Å². The first-order valence-corrected chi connectivity index (χ1v) is 10.1. The Labute approximate surface area is 156 Å². The maximum atomic E-state index is 12.2. The monoisotopic (exact) mass is 371 g/mol. The van der Waals surface area contributed by atoms with Crippen LogP contribution in [0.5, 0.6) is 0 Å². The zero-order valence-corrected chi connectivity index (χ0v) is 16.2. The normalized spacial score (nSPS) is 12.3. The number of carbonyl (C=O) groups excluding carboxylic acids is 1. The molecular formula is C19H21N3OS2. The number of nitrogens with zero attached hydrogens (tertiary/aromatic N) is 2. The number of rotatable bonds is 6. The van der Waals surface area contributed by atoms with Crippen LogP contribution in [0.4, 0.5) is 0 Å². The van der Waals surface area contributed by atoms with Gasteiger partial charge >= 0.3 is 0 Å². The molecule has 3 aromatic rings. The van der Waals surface area contributed by atoms with Crippen LogP contribution >= 0.6 is 23.1 Å². The van der Waals surface area contributed by atoms with Crippen molar-refractivity contribution in [1.82, 2.24) is 15.3 Å². The summed E-state index contributed by atoms with van der Waals surface area (Å²) in [5, 5.41) is 6.77. The number of benzene rings is 1. The van der Waals surface area contributed by atoms with Crippen molar-refractivity contribution >= 4 is 39.2 Å². The molecule has 0 radical (unpaired) electrons. The van der Waals surface area contributed by atoms with Crippen molar-refractivity contribution in [2.24, 2.45) is 0 Å². The summed E-state index contributed by atoms with van der Waals surface area (Å²) in [6.45, 7) is 6.75. The van der Waals surface area contributed by atoms with Crippen molar-refractivity contribution in [3.63, 3.8) is 0 Å². The Hall–Kier alpha value is -1.92. The van der Waals surface area contributed by atoms with E-state index in [1.807, 2.05) is 13.8 Å². The number of amides is 1. The lowest BCUT2D eigenvalue weighted by molar-refractivity contribution is -0.120. The van der Waals surface area contributed by atoms with Crippen LogP contribution in [0.2, 0.25) is 0 Å². The van der Waals surface area contributed by atoms with Gasteiger partial charge in [0.2, 0.25) is 5.91 Å². The summed E-state index contributed by atoms with van der Waals surface area (Å²) in [6, 6.07) is 8.46. The van der Waals surface area contributed by atoms with Crippen LogP contribution in [0.3, 0.4) is 0 Å². The molecule has 0 bridgehead atoms. The molecule has 0 spiro atoms. The Kier molecular flexibility index (Phi) is 5.71. The third-order valence-electron chi connectivity index (χ3n) is 3.90. The van der Waals surface area contributed by atoms with Gasteiger partial charge in [0.15, 0.2) is 0 Å². The molecule has 0 saturated heterocycles. The number of aromatic nitrogens is 2. The number of nitrogens with one attached hydrogen (secondary N) is 1. The van der Waals surface area contributed by atoms with Crippen LogP contribution in [0.25, 0.3) is 21.3 Å². The lowest BCUT2D eigenvalue weighted by Gasteiger charge is -2.12. The first-order chi connectivity index (χ1) is 12.1. The highest BCUT2D eigenvalue weighted by Crippen LogP contribution is 2.38. The summed E-state index contributed by atoms with van der Waals surface area (Å²) in [7, 11) is 0. The molecule has 3 rings (SSSR count). The third-order valence-corrected chi connectivity index (χ3v) is 5.89. The highest BCUT2D eigenvalue weighted by molar-refractivity contribution is 8.00. The van der Waals surface area contributed by atoms with E-state index in [0.29, 0.717) is 6.54 Å². The summed E-state index contributed by atoms with van der Waals surface area (Å²) in [5.74, 6) is 0.0470. The Morgan fingerprint density at radius 1 is 1.28 bits per heavy atom. The lowest BCUT2D eigenvalue weighted by atomic mass is 10.1. The second-order valence-corrected chi connectivity index (χ2v) is 8.11. The Balaban J connectivity index is 1.94. The molecule has 6 heteroatoms. The average Bonchev–Trinajstić information content (AvgIpc) is 3.05. The van der Waals surface area contributed by atoms with Gasteiger partial charge in [-0.1, -0.05) is 48.5 Å². The summed E-state index contributed by atoms with van der Waals surface area (Å²) >= 11 is 3.10. The van der Waals surface area contributed by atoms with Crippen molar-refractivity contribution in [1.29, 1.82) is 0 Å². The molecule has 0 unspecified atom stereocenters. The topological polar surface area (TPSA) is 54.9 Å². The van der Waals surface area contributed by atoms with Crippen LogP contribution in [-0.2, 0) is 4.79 Å². The van der Waals surface area contributed by atoms with Crippen LogP contribution in [-0.4, -0.2) is 27.7 Å². The minimum atomic E-state index is -0.199. The van der Waals surface area contributed by atoms with Crippen LogP contribution in [0.1, 0.15) is 25.8 Å². The Morgan fingerprint density at radius 2 is 2.04 bits per heavy atom. The summed E-state index contributed by atoms with van der Waals surface area (Å²) in [4.78, 5) is 22.0. The van der Waals surface area contributed by atoms with Gasteiger partial charge in [0.1, 0.15) is 16.2 Å². The number of aryl methyl sites for hydroxylation is 1. The molecular weight excluding hydrogens is 350 g/mol. The first-order valence-electron chi connectivity index (χ1n) is 8.33. The Morgan fingerprint density at radius 3 is 2.76 bits per heavy atom. The minimum Gasteiger partial charge on any atom is -0.355 e. The second-order valence-electron chi connectivity index (χ2n) is 5.93. The SMILES string of the molecule is CCCNC(=O)[C@@H](C)Sc1ncnc2scc(-c3ccc(C)cc3)c12. The molecule has 0 fully saturated rings. The second kappa shape index (κ2) is 7.97. The standard InChI is InChI=1S/C19H21N3OS2/c1-4-9-20-17(23)13(3)25-19-16-15(10-24-18(16)21-11-22-19)14-7-5-12(2)6-8-14/h5-8,10-11,13H,4,9H2,1-3H3,(H,20,23)/t13-/m1/s1. The predicted molar refractivity (Wildman–Crippen MR) is 106 cm³/mol. The predicted octanol–water partition coefficient (Wildman–Crippen LogP) is 4.67. The van der Waals surface area contributed by atoms with Crippen LogP contribution < -0.4 is 5.32 Å². The number of fused-ring (bicyclic) bond motifs is 1. The highest BCUT2D eigenvalue weighted by Gasteiger charge is 2.19. The molecule has 1 atom stereocenters. The lowest BCUT2D eigenvalue weighted by Crippen LogP contribution is -2.31. The highest BCUT2D eigenvalue weighted by atomic mass is 32.2. The van der Waals surface area contributed by atoms with E-state index in [4.69, 9.17) is 0 Å². The quantitative estimate of drug-likeness (QED) is 0.505. The van der Waals surface area contributed by atoms with Gasteiger partial charge in [0.25, 0.3) is 0 Å². The largest absolute Gasteiger partial charge is 0.355 e. The number of thiophene rings is 1. The van der Waals surface area contributed by atoms with Crippen LogP contribution in [0.15, 0.2) is 41.0 Å². The number of carbonyl (C=O) groups is 1. The molecule has 25 heavy (non-hydrogen) atoms. The van der Waals surface area contributed by atoms with E-state index < -0.39 is 0 Å². The van der Waals surface area contributed by atoms with Gasteiger partial charge in [0, 0.05) is 17.5 Å². The first kappa shape index (κ1) is 17.9. The molecule has 1 aromatic carbocycles. The molecule has 1 N–H and O–H groups in total. The van der Waals surface area contributed by atoms with Gasteiger partial charge in [-0.05, 0) is 25.8 Å². The molecule has 2 heterocycles. The van der Waals surface area contributed by atoms with E-state index in [1.54, 1.807) is 17.7 Å². The van der Waals surface area contributed by atoms with Gasteiger partial charge in [-0.2, -0.15) is 0 Å². The molecule has 0 aliphatic carbocycles. The van der Waals surface area contributed by atoms with E-state index >= 15 is 0 Å². The molecule has 0 aliphatic heterocycles. The van der Waals surface area contributed by atoms with E-state index in [1.165, 1.54) is 17.3 Å². The van der Waals surface area contributed by atoms with Crippen molar-refractivity contribution in [2.75, 3.05) is 6.54 Å². The minimum absolute atomic E-state index is 0.0470. The summed E-state index contributed by atoms with van der Waals surface area (Å²) < 4.78 is 0. The summed E-state index contributed by atoms with van der Waals surface area (Å²) in [5.41, 5.74) is 3.51. The third kappa shape index (κ3) is 4.02. The van der Waals surface area contributed by atoms with Gasteiger partial charge < -0.3 is 5.32 Å². The van der Waals surface area contributed by atoms with E-state index in [0.717, 1.165) is 32.8 Å². The van der Waals surface area contributed by atoms with Crippen molar-refractivity contribution in [3.8, 4) is 11.1 Å². The zero-order valence-electron chi connectivity index (χ0n) is 14.6. The Bertz CT molecular complexity index is 874. The molecule has 1 amide bonds. The number of thioether (sulfide) groups is 1. The molecule has 2 aromatic heterocycles. The van der Waals surface area contributed by atoms with Gasteiger partial charge in [-0.25, -0.2) is 9.97 Å². The molecule has 0 saturated carbocycles. The van der Waals surface area contributed by atoms with Crippen molar-refractivity contribution in [2.45, 2.75) is 37.5 Å². The van der Waals surface area contributed by atoms with Gasteiger partial charge in [-0.3, -0.25) is 4.79 Å². The van der Waals surface area contributed by atoms with Gasteiger partial charge in [0.05, 0.1) is 10.6 Å². The maximum absolute atomic E-state index is 12.2. The van der Waals surface area contributed by atoms with Crippen LogP contribution in [0, 0.1) is 6.92 Å². The van der Waals surface area contributed by atoms with E-state index in [-0.39, 0.29) is 11.2 Å². The smallest absolute Gasteiger partial charge is 0.233 e. The van der Waals surface area contributed by atoms with E-state index in [2.05, 4.69) is 51.9 Å². The number of hydrogen-bond acceptors (Lipinski definition) is 5. The molecule has 4 nitrogen and oxygen atoms in total. The van der Waals surface area contributed by atoms with Gasteiger partial charge in [-0.15, -0.1) is 11.3 Å².